The predicted molar refractivity (Wildman–Crippen MR) is 118 cm³/mol. The second kappa shape index (κ2) is 8.45. The van der Waals surface area contributed by atoms with E-state index in [2.05, 4.69) is 15.5 Å². The van der Waals surface area contributed by atoms with E-state index < -0.39 is 11.9 Å². The maximum Gasteiger partial charge on any atom is 0.167 e. The average Bonchev–Trinajstić information content (AvgIpc) is 3.45. The number of hydrogen-bond donors (Lipinski definition) is 1. The number of aryl methyl sites for hydroxylation is 2. The van der Waals surface area contributed by atoms with Crippen molar-refractivity contribution in [2.24, 2.45) is 0 Å². The van der Waals surface area contributed by atoms with Crippen LogP contribution in [0.25, 0.3) is 5.69 Å². The highest BCUT2D eigenvalue weighted by Crippen LogP contribution is 2.40. The van der Waals surface area contributed by atoms with Crippen LogP contribution in [0.1, 0.15) is 54.6 Å². The summed E-state index contributed by atoms with van der Waals surface area (Å²) in [5.74, 6) is 0.628. The zero-order chi connectivity index (χ0) is 22.4. The molecule has 0 radical (unpaired) electrons. The standard InChI is InChI=1S/C24H25ClF2N4O/c1-13-29-30-14(2)31(13)17-7-8-23(21(27)11-17)32-24-19-9-15(25)10-20(26)18(19)12-22(24)28-16-5-3-4-6-16/h7-11,16,22,24,28H,3-6,12H2,1-2H3/t22-,24-/m0/s1. The molecule has 2 aliphatic rings. The number of fused-ring (bicyclic) bond motifs is 1. The molecule has 3 aromatic rings. The highest BCUT2D eigenvalue weighted by molar-refractivity contribution is 6.30. The van der Waals surface area contributed by atoms with Crippen molar-refractivity contribution in [3.05, 3.63) is 69.8 Å². The van der Waals surface area contributed by atoms with Crippen molar-refractivity contribution in [3.63, 3.8) is 0 Å². The Bertz CT molecular complexity index is 1140. The van der Waals surface area contributed by atoms with Gasteiger partial charge in [-0.25, -0.2) is 8.78 Å². The third-order valence-electron chi connectivity index (χ3n) is 6.51. The van der Waals surface area contributed by atoms with E-state index in [-0.39, 0.29) is 17.6 Å². The molecule has 1 N–H and O–H groups in total. The SMILES string of the molecule is Cc1nnc(C)n1-c1ccc(O[C@H]2c3cc(Cl)cc(F)c3C[C@@H]2NC2CCCC2)c(F)c1. The van der Waals surface area contributed by atoms with Crippen LogP contribution in [0.2, 0.25) is 5.02 Å². The van der Waals surface area contributed by atoms with Gasteiger partial charge in [-0.05, 0) is 62.9 Å². The summed E-state index contributed by atoms with van der Waals surface area (Å²) in [6, 6.07) is 8.07. The molecule has 1 fully saturated rings. The highest BCUT2D eigenvalue weighted by Gasteiger charge is 2.38. The van der Waals surface area contributed by atoms with Gasteiger partial charge in [-0.1, -0.05) is 24.4 Å². The second-order valence-corrected chi connectivity index (χ2v) is 9.13. The predicted octanol–water partition coefficient (Wildman–Crippen LogP) is 5.39. The second-order valence-electron chi connectivity index (χ2n) is 8.70. The molecule has 168 valence electrons. The molecule has 0 aliphatic heterocycles. The lowest BCUT2D eigenvalue weighted by Crippen LogP contribution is -2.41. The van der Waals surface area contributed by atoms with E-state index in [4.69, 9.17) is 16.3 Å². The molecular formula is C24H25ClF2N4O. The first-order valence-electron chi connectivity index (χ1n) is 11.0. The Morgan fingerprint density at radius 2 is 1.75 bits per heavy atom. The van der Waals surface area contributed by atoms with Gasteiger partial charge in [-0.2, -0.15) is 0 Å². The summed E-state index contributed by atoms with van der Waals surface area (Å²) in [5, 5.41) is 12.0. The molecule has 2 atom stereocenters. The lowest BCUT2D eigenvalue weighted by molar-refractivity contribution is 0.153. The van der Waals surface area contributed by atoms with Crippen molar-refractivity contribution in [1.29, 1.82) is 0 Å². The van der Waals surface area contributed by atoms with Crippen LogP contribution in [0.4, 0.5) is 8.78 Å². The van der Waals surface area contributed by atoms with Gasteiger partial charge in [-0.3, -0.25) is 4.57 Å². The first kappa shape index (κ1) is 21.3. The van der Waals surface area contributed by atoms with Gasteiger partial charge in [0.2, 0.25) is 0 Å². The topological polar surface area (TPSA) is 52.0 Å². The van der Waals surface area contributed by atoms with E-state index >= 15 is 4.39 Å². The summed E-state index contributed by atoms with van der Waals surface area (Å²) < 4.78 is 37.8. The fraction of sp³-hybridized carbons (Fsp3) is 0.417. The first-order valence-corrected chi connectivity index (χ1v) is 11.4. The van der Waals surface area contributed by atoms with Crippen LogP contribution in [0.15, 0.2) is 30.3 Å². The number of halogens is 3. The number of hydrogen-bond acceptors (Lipinski definition) is 4. The number of benzene rings is 2. The van der Waals surface area contributed by atoms with E-state index in [1.54, 1.807) is 22.8 Å². The fourth-order valence-electron chi connectivity index (χ4n) is 5.03. The Balaban J connectivity index is 1.46. The van der Waals surface area contributed by atoms with E-state index in [0.29, 0.717) is 45.9 Å². The van der Waals surface area contributed by atoms with Crippen LogP contribution in [0.5, 0.6) is 5.75 Å². The molecule has 0 spiro atoms. The molecule has 5 nitrogen and oxygen atoms in total. The normalized spacial score (nSPS) is 20.7. The Morgan fingerprint density at radius 3 is 2.44 bits per heavy atom. The summed E-state index contributed by atoms with van der Waals surface area (Å²) in [4.78, 5) is 0. The number of ether oxygens (including phenoxy) is 1. The van der Waals surface area contributed by atoms with Gasteiger partial charge < -0.3 is 10.1 Å². The van der Waals surface area contributed by atoms with Crippen LogP contribution in [-0.2, 0) is 6.42 Å². The molecule has 5 rings (SSSR count). The van der Waals surface area contributed by atoms with E-state index in [0.717, 1.165) is 12.8 Å². The summed E-state index contributed by atoms with van der Waals surface area (Å²) in [5.41, 5.74) is 1.89. The van der Waals surface area contributed by atoms with Crippen molar-refractivity contribution in [3.8, 4) is 11.4 Å². The Kier molecular flexibility index (Phi) is 5.63. The van der Waals surface area contributed by atoms with Crippen LogP contribution < -0.4 is 10.1 Å². The molecule has 0 unspecified atom stereocenters. The molecular weight excluding hydrogens is 434 g/mol. The van der Waals surface area contributed by atoms with Crippen molar-refractivity contribution >= 4 is 11.6 Å². The monoisotopic (exact) mass is 458 g/mol. The number of rotatable bonds is 5. The maximum atomic E-state index is 15.1. The Morgan fingerprint density at radius 1 is 1.03 bits per heavy atom. The van der Waals surface area contributed by atoms with Crippen LogP contribution >= 0.6 is 11.6 Å². The highest BCUT2D eigenvalue weighted by atomic mass is 35.5. The molecule has 0 amide bonds. The molecule has 1 aromatic heterocycles. The fourth-order valence-corrected chi connectivity index (χ4v) is 5.24. The van der Waals surface area contributed by atoms with Crippen molar-refractivity contribution in [2.75, 3.05) is 0 Å². The first-order chi connectivity index (χ1) is 15.4. The molecule has 8 heteroatoms. The Labute approximate surface area is 190 Å². The van der Waals surface area contributed by atoms with Crippen molar-refractivity contribution in [2.45, 2.75) is 64.1 Å². The van der Waals surface area contributed by atoms with Gasteiger partial charge >= 0.3 is 0 Å². The average molecular weight is 459 g/mol. The Hall–Kier alpha value is -2.51. The summed E-state index contributed by atoms with van der Waals surface area (Å²) >= 11 is 6.15. The third kappa shape index (κ3) is 3.88. The summed E-state index contributed by atoms with van der Waals surface area (Å²) in [6.07, 6.45) is 4.49. The molecule has 0 saturated heterocycles. The van der Waals surface area contributed by atoms with Crippen LogP contribution in [0.3, 0.4) is 0 Å². The lowest BCUT2D eigenvalue weighted by atomic mass is 10.1. The zero-order valence-corrected chi connectivity index (χ0v) is 18.8. The van der Waals surface area contributed by atoms with Crippen LogP contribution in [0, 0.1) is 25.5 Å². The minimum absolute atomic E-state index is 0.119. The molecule has 2 aliphatic carbocycles. The largest absolute Gasteiger partial charge is 0.481 e. The number of aromatic nitrogens is 3. The smallest absolute Gasteiger partial charge is 0.167 e. The van der Waals surface area contributed by atoms with Gasteiger partial charge in [0.1, 0.15) is 23.6 Å². The summed E-state index contributed by atoms with van der Waals surface area (Å²) in [6.45, 7) is 3.63. The molecule has 0 bridgehead atoms. The van der Waals surface area contributed by atoms with Gasteiger partial charge in [0.05, 0.1) is 11.7 Å². The van der Waals surface area contributed by atoms with Crippen LogP contribution in [-0.4, -0.2) is 26.8 Å². The van der Waals surface area contributed by atoms with E-state index in [9.17, 15) is 4.39 Å². The lowest BCUT2D eigenvalue weighted by Gasteiger charge is -2.26. The molecule has 32 heavy (non-hydrogen) atoms. The minimum atomic E-state index is -0.530. The number of nitrogens with one attached hydrogen (secondary N) is 1. The van der Waals surface area contributed by atoms with E-state index in [1.807, 2.05) is 13.8 Å². The maximum absolute atomic E-state index is 15.1. The van der Waals surface area contributed by atoms with Crippen molar-refractivity contribution in [1.82, 2.24) is 20.1 Å². The zero-order valence-electron chi connectivity index (χ0n) is 18.0. The third-order valence-corrected chi connectivity index (χ3v) is 6.73. The van der Waals surface area contributed by atoms with Gasteiger partial charge in [-0.15, -0.1) is 10.2 Å². The number of nitrogens with zero attached hydrogens (tertiary/aromatic N) is 3. The van der Waals surface area contributed by atoms with Gasteiger partial charge in [0.25, 0.3) is 0 Å². The minimum Gasteiger partial charge on any atom is -0.481 e. The molecule has 1 heterocycles. The molecule has 2 aromatic carbocycles. The van der Waals surface area contributed by atoms with Crippen molar-refractivity contribution < 1.29 is 13.5 Å². The summed E-state index contributed by atoms with van der Waals surface area (Å²) in [7, 11) is 0. The van der Waals surface area contributed by atoms with Gasteiger partial charge in [0, 0.05) is 22.7 Å². The van der Waals surface area contributed by atoms with Gasteiger partial charge in [0.15, 0.2) is 11.6 Å². The quantitative estimate of drug-likeness (QED) is 0.556. The molecule has 1 saturated carbocycles. The van der Waals surface area contributed by atoms with E-state index in [1.165, 1.54) is 25.0 Å².